The van der Waals surface area contributed by atoms with Gasteiger partial charge in [0.2, 0.25) is 0 Å². The van der Waals surface area contributed by atoms with Crippen LogP contribution in [0.1, 0.15) is 29.0 Å². The highest BCUT2D eigenvalue weighted by Gasteiger charge is 2.40. The van der Waals surface area contributed by atoms with E-state index >= 15 is 0 Å². The van der Waals surface area contributed by atoms with Gasteiger partial charge >= 0.3 is 0 Å². The van der Waals surface area contributed by atoms with Crippen molar-refractivity contribution in [2.24, 2.45) is 0 Å². The van der Waals surface area contributed by atoms with Gasteiger partial charge in [0, 0.05) is 23.9 Å². The van der Waals surface area contributed by atoms with Crippen molar-refractivity contribution in [3.63, 3.8) is 0 Å². The van der Waals surface area contributed by atoms with E-state index in [-0.39, 0.29) is 10.4 Å². The number of hydrogen-bond acceptors (Lipinski definition) is 4. The molecule has 2 unspecified atom stereocenters. The molecule has 3 aromatic carbocycles. The number of nitrogens with zero attached hydrogens (tertiary/aromatic N) is 1. The first kappa shape index (κ1) is 19.9. The highest BCUT2D eigenvalue weighted by Crippen LogP contribution is 2.52. The Morgan fingerprint density at radius 2 is 1.50 bits per heavy atom. The fourth-order valence-electron chi connectivity index (χ4n) is 4.64. The summed E-state index contributed by atoms with van der Waals surface area (Å²) in [6.07, 6.45) is -0.623. The molecule has 5 nitrogen and oxygen atoms in total. The zero-order valence-electron chi connectivity index (χ0n) is 16.9. The smallest absolute Gasteiger partial charge is 0.139 e. The van der Waals surface area contributed by atoms with Crippen LogP contribution in [0.5, 0.6) is 0 Å². The maximum Gasteiger partial charge on any atom is 0.139 e. The fraction of sp³-hybridized carbons (Fsp3) is 0.200. The predicted octanol–water partition coefficient (Wildman–Crippen LogP) is 1.67. The molecule has 0 saturated carbocycles. The van der Waals surface area contributed by atoms with Gasteiger partial charge in [-0.3, -0.25) is 4.48 Å². The summed E-state index contributed by atoms with van der Waals surface area (Å²) < 4.78 is -0.156. The second-order valence-electron chi connectivity index (χ2n) is 8.12. The number of carboxylic acid groups (broad SMARTS) is 2. The van der Waals surface area contributed by atoms with Crippen molar-refractivity contribution in [2.75, 3.05) is 14.1 Å². The maximum atomic E-state index is 11.9. The van der Waals surface area contributed by atoms with Crippen LogP contribution in [-0.4, -0.2) is 32.1 Å². The van der Waals surface area contributed by atoms with Gasteiger partial charge in [-0.1, -0.05) is 66.7 Å². The summed E-state index contributed by atoms with van der Waals surface area (Å²) in [6, 6.07) is 22.7. The predicted molar refractivity (Wildman–Crippen MR) is 111 cm³/mol. The average molecular weight is 400 g/mol. The van der Waals surface area contributed by atoms with Gasteiger partial charge in [-0.2, -0.15) is 0 Å². The minimum atomic E-state index is -1.41. The number of fused-ring (bicyclic) bond motifs is 3. The lowest BCUT2D eigenvalue weighted by Gasteiger charge is -2.40. The van der Waals surface area contributed by atoms with Crippen LogP contribution in [0, 0.1) is 0 Å². The summed E-state index contributed by atoms with van der Waals surface area (Å²) in [5.41, 5.74) is 6.14. The van der Waals surface area contributed by atoms with Gasteiger partial charge in [-0.15, -0.1) is 0 Å². The lowest BCUT2D eigenvalue weighted by Crippen LogP contribution is -2.60. The van der Waals surface area contributed by atoms with E-state index in [1.807, 2.05) is 48.5 Å². The molecule has 1 aliphatic rings. The van der Waals surface area contributed by atoms with E-state index < -0.39 is 24.4 Å². The van der Waals surface area contributed by atoms with Gasteiger partial charge in [0.05, 0.1) is 14.1 Å². The fourth-order valence-corrected chi connectivity index (χ4v) is 4.64. The Hall–Kier alpha value is -3.44. The zero-order chi connectivity index (χ0) is 21.5. The molecular weight excluding hydrogens is 378 g/mol. The van der Waals surface area contributed by atoms with E-state index in [2.05, 4.69) is 24.3 Å². The van der Waals surface area contributed by atoms with Crippen LogP contribution in [0.25, 0.3) is 11.1 Å². The van der Waals surface area contributed by atoms with Crippen LogP contribution in [0.15, 0.2) is 72.8 Å². The Labute approximate surface area is 175 Å². The highest BCUT2D eigenvalue weighted by atomic mass is 16.4. The first-order chi connectivity index (χ1) is 14.3. The van der Waals surface area contributed by atoms with Gasteiger partial charge in [0.1, 0.15) is 17.7 Å². The lowest BCUT2D eigenvalue weighted by molar-refractivity contribution is -0.319. The summed E-state index contributed by atoms with van der Waals surface area (Å²) >= 11 is 0. The van der Waals surface area contributed by atoms with Gasteiger partial charge in [0.15, 0.2) is 0 Å². The van der Waals surface area contributed by atoms with Crippen LogP contribution >= 0.6 is 0 Å². The minimum Gasteiger partial charge on any atom is -0.550 e. The Bertz CT molecular complexity index is 1120. The molecule has 0 aromatic heterocycles. The van der Waals surface area contributed by atoms with Crippen molar-refractivity contribution >= 4 is 17.6 Å². The Kier molecular flexibility index (Phi) is 4.92. The molecule has 0 saturated heterocycles. The van der Waals surface area contributed by atoms with Crippen molar-refractivity contribution < 1.29 is 19.8 Å². The SMILES string of the molecule is C[N+](C)(c1cccc2c1C(c1ccccc1)c1ccccc1-2)C(CC(=O)[O-])C(=O)[O-]. The third-order valence-corrected chi connectivity index (χ3v) is 6.10. The molecule has 30 heavy (non-hydrogen) atoms. The van der Waals surface area contributed by atoms with Gasteiger partial charge < -0.3 is 19.8 Å². The van der Waals surface area contributed by atoms with Crippen molar-refractivity contribution in [1.82, 2.24) is 4.48 Å². The molecule has 0 aliphatic heterocycles. The molecule has 0 amide bonds. The topological polar surface area (TPSA) is 80.3 Å². The number of hydrogen-bond donors (Lipinski definition) is 0. The number of aliphatic carboxylic acids is 2. The largest absolute Gasteiger partial charge is 0.550 e. The van der Waals surface area contributed by atoms with Gasteiger partial charge in [-0.25, -0.2) is 0 Å². The van der Waals surface area contributed by atoms with E-state index in [0.29, 0.717) is 0 Å². The molecule has 5 heteroatoms. The van der Waals surface area contributed by atoms with E-state index in [0.717, 1.165) is 33.5 Å². The number of benzene rings is 3. The minimum absolute atomic E-state index is 0.0728. The molecule has 0 spiro atoms. The average Bonchev–Trinajstić information content (AvgIpc) is 3.06. The standard InChI is InChI=1S/C25H23NO4/c1-26(2,21(25(29)30)15-22(27)28)20-14-8-13-19-17-11-6-7-12-18(17)23(24(19)20)16-9-4-3-5-10-16/h3-14,21,23H,15H2,1-2H3,(H-,27,28,29,30)/p-1. The first-order valence-electron chi connectivity index (χ1n) is 9.84. The Morgan fingerprint density at radius 1 is 0.867 bits per heavy atom. The lowest BCUT2D eigenvalue weighted by atomic mass is 9.87. The molecule has 3 aromatic rings. The second kappa shape index (κ2) is 7.43. The summed E-state index contributed by atoms with van der Waals surface area (Å²) in [5, 5.41) is 23.2. The molecule has 152 valence electrons. The molecule has 0 fully saturated rings. The van der Waals surface area contributed by atoms with Crippen LogP contribution in [0.2, 0.25) is 0 Å². The van der Waals surface area contributed by atoms with Crippen molar-refractivity contribution in [3.8, 4) is 11.1 Å². The normalized spacial score (nSPS) is 15.9. The summed E-state index contributed by atoms with van der Waals surface area (Å²) in [6.45, 7) is 0. The summed E-state index contributed by atoms with van der Waals surface area (Å²) in [7, 11) is 3.42. The molecule has 0 radical (unpaired) electrons. The molecule has 1 aliphatic carbocycles. The number of rotatable bonds is 6. The van der Waals surface area contributed by atoms with Crippen LogP contribution in [-0.2, 0) is 9.59 Å². The van der Waals surface area contributed by atoms with E-state index in [1.54, 1.807) is 14.1 Å². The molecule has 0 N–H and O–H groups in total. The third kappa shape index (κ3) is 3.17. The second-order valence-corrected chi connectivity index (χ2v) is 8.12. The van der Waals surface area contributed by atoms with Crippen molar-refractivity contribution in [3.05, 3.63) is 89.5 Å². The van der Waals surface area contributed by atoms with Crippen LogP contribution in [0.3, 0.4) is 0 Å². The maximum absolute atomic E-state index is 11.9. The number of likely N-dealkylation sites (N-methyl/N-ethyl adjacent to an activating group) is 1. The Balaban J connectivity index is 1.96. The number of carbonyl (C=O) groups excluding carboxylic acids is 2. The van der Waals surface area contributed by atoms with Crippen molar-refractivity contribution in [2.45, 2.75) is 18.4 Å². The monoisotopic (exact) mass is 400 g/mol. The zero-order valence-corrected chi connectivity index (χ0v) is 16.9. The number of carbonyl (C=O) groups is 2. The highest BCUT2D eigenvalue weighted by molar-refractivity contribution is 5.87. The first-order valence-corrected chi connectivity index (χ1v) is 9.84. The molecule has 4 rings (SSSR count). The quantitative estimate of drug-likeness (QED) is 0.461. The number of carboxylic acids is 2. The van der Waals surface area contributed by atoms with Crippen LogP contribution < -0.4 is 14.7 Å². The van der Waals surface area contributed by atoms with Crippen LogP contribution in [0.4, 0.5) is 5.69 Å². The molecule has 0 bridgehead atoms. The Morgan fingerprint density at radius 3 is 2.17 bits per heavy atom. The summed E-state index contributed by atoms with van der Waals surface area (Å²) in [5.74, 6) is -2.89. The molecular formula is C25H22NO4-. The van der Waals surface area contributed by atoms with E-state index in [9.17, 15) is 19.8 Å². The van der Waals surface area contributed by atoms with Gasteiger partial charge in [0.25, 0.3) is 0 Å². The third-order valence-electron chi connectivity index (χ3n) is 6.10. The number of quaternary nitrogens is 1. The molecule has 0 heterocycles. The summed E-state index contributed by atoms with van der Waals surface area (Å²) in [4.78, 5) is 23.2. The van der Waals surface area contributed by atoms with Gasteiger partial charge in [-0.05, 0) is 28.3 Å². The van der Waals surface area contributed by atoms with E-state index in [1.165, 1.54) is 0 Å². The molecule has 2 atom stereocenters. The van der Waals surface area contributed by atoms with E-state index in [4.69, 9.17) is 0 Å². The van der Waals surface area contributed by atoms with Crippen molar-refractivity contribution in [1.29, 1.82) is 0 Å².